The van der Waals surface area contributed by atoms with E-state index in [1.54, 1.807) is 0 Å². The van der Waals surface area contributed by atoms with Crippen molar-refractivity contribution in [1.29, 1.82) is 0 Å². The fourth-order valence-electron chi connectivity index (χ4n) is 1.42. The van der Waals surface area contributed by atoms with Crippen LogP contribution < -0.4 is 5.73 Å². The minimum Gasteiger partial charge on any atom is -0.398 e. The fourth-order valence-corrected chi connectivity index (χ4v) is 1.55. The molecular weight excluding hydrogens is 194 g/mol. The average Bonchev–Trinajstić information content (AvgIpc) is 2.13. The van der Waals surface area contributed by atoms with Gasteiger partial charge in [-0.2, -0.15) is 0 Å². The maximum atomic E-state index is 5.95. The lowest BCUT2D eigenvalue weighted by Gasteiger charge is -2.06. The Morgan fingerprint density at radius 2 is 2.07 bits per heavy atom. The van der Waals surface area contributed by atoms with Crippen molar-refractivity contribution in [2.45, 2.75) is 20.3 Å². The third-order valence-corrected chi connectivity index (χ3v) is 2.35. The van der Waals surface area contributed by atoms with E-state index in [9.17, 15) is 0 Å². The van der Waals surface area contributed by atoms with Crippen LogP contribution in [0, 0.1) is 13.8 Å². The predicted octanol–water partition coefficient (Wildman–Crippen LogP) is 3.53. The van der Waals surface area contributed by atoms with Gasteiger partial charge in [0.05, 0.1) is 0 Å². The number of aryl methyl sites for hydroxylation is 2. The van der Waals surface area contributed by atoms with E-state index in [0.717, 1.165) is 23.2 Å². The van der Waals surface area contributed by atoms with Crippen LogP contribution >= 0.6 is 11.6 Å². The number of alkyl halides is 1. The first-order valence-electron chi connectivity index (χ1n) is 4.74. The van der Waals surface area contributed by atoms with E-state index in [4.69, 9.17) is 17.3 Å². The van der Waals surface area contributed by atoms with Crippen molar-refractivity contribution in [3.05, 3.63) is 34.9 Å². The van der Waals surface area contributed by atoms with Crippen molar-refractivity contribution < 1.29 is 0 Å². The van der Waals surface area contributed by atoms with Crippen molar-refractivity contribution in [3.8, 4) is 0 Å². The predicted molar refractivity (Wildman–Crippen MR) is 64.7 cm³/mol. The van der Waals surface area contributed by atoms with Crippen LogP contribution in [0.1, 0.15) is 23.1 Å². The summed E-state index contributed by atoms with van der Waals surface area (Å²) in [6, 6.07) is 4.18. The number of hydrogen-bond acceptors (Lipinski definition) is 1. The molecule has 0 aromatic heterocycles. The van der Waals surface area contributed by atoms with Crippen molar-refractivity contribution in [2.24, 2.45) is 0 Å². The fraction of sp³-hybridized carbons (Fsp3) is 0.333. The maximum Gasteiger partial charge on any atom is 0.0417 e. The zero-order valence-electron chi connectivity index (χ0n) is 8.68. The number of benzene rings is 1. The maximum absolute atomic E-state index is 5.95. The molecule has 1 nitrogen and oxygen atoms in total. The second-order valence-electron chi connectivity index (χ2n) is 3.46. The monoisotopic (exact) mass is 209 g/mol. The Morgan fingerprint density at radius 1 is 1.36 bits per heavy atom. The number of allylic oxidation sites excluding steroid dienone is 1. The van der Waals surface area contributed by atoms with E-state index in [1.165, 1.54) is 5.56 Å². The molecule has 0 bridgehead atoms. The summed E-state index contributed by atoms with van der Waals surface area (Å²) in [7, 11) is 0. The first-order chi connectivity index (χ1) is 6.65. The average molecular weight is 210 g/mol. The van der Waals surface area contributed by atoms with Crippen LogP contribution in [0.25, 0.3) is 6.08 Å². The molecule has 0 aliphatic heterocycles. The molecule has 1 aromatic rings. The van der Waals surface area contributed by atoms with Gasteiger partial charge in [-0.05, 0) is 37.5 Å². The molecule has 0 unspecified atom stereocenters. The lowest BCUT2D eigenvalue weighted by molar-refractivity contribution is 1.24. The second-order valence-corrected chi connectivity index (χ2v) is 3.84. The van der Waals surface area contributed by atoms with Gasteiger partial charge in [-0.25, -0.2) is 0 Å². The minimum atomic E-state index is 0.654. The van der Waals surface area contributed by atoms with Gasteiger partial charge in [-0.1, -0.05) is 23.8 Å². The number of hydrogen-bond donors (Lipinski definition) is 1. The zero-order chi connectivity index (χ0) is 10.6. The summed E-state index contributed by atoms with van der Waals surface area (Å²) in [6.45, 7) is 4.10. The summed E-state index contributed by atoms with van der Waals surface area (Å²) in [6.07, 6.45) is 4.98. The van der Waals surface area contributed by atoms with Crippen molar-refractivity contribution in [1.82, 2.24) is 0 Å². The van der Waals surface area contributed by atoms with Crippen LogP contribution in [0.15, 0.2) is 18.2 Å². The molecule has 1 aromatic carbocycles. The van der Waals surface area contributed by atoms with Crippen LogP contribution in [-0.4, -0.2) is 5.88 Å². The van der Waals surface area contributed by atoms with Crippen LogP contribution in [0.5, 0.6) is 0 Å². The number of nitrogens with two attached hydrogens (primary N) is 1. The molecule has 76 valence electrons. The van der Waals surface area contributed by atoms with Crippen LogP contribution in [0.2, 0.25) is 0 Å². The van der Waals surface area contributed by atoms with E-state index >= 15 is 0 Å². The standard InChI is InChI=1S/C12H16ClN/c1-9-7-10(2)12(14)11(8-9)5-3-4-6-13/h3,5,7-8H,4,6,14H2,1-2H3. The first-order valence-corrected chi connectivity index (χ1v) is 5.28. The Balaban J connectivity index is 2.96. The van der Waals surface area contributed by atoms with Gasteiger partial charge in [0.25, 0.3) is 0 Å². The molecule has 0 heterocycles. The lowest BCUT2D eigenvalue weighted by atomic mass is 10.0. The Morgan fingerprint density at radius 3 is 2.71 bits per heavy atom. The summed E-state index contributed by atoms with van der Waals surface area (Å²) in [5, 5.41) is 0. The van der Waals surface area contributed by atoms with Gasteiger partial charge in [-0.3, -0.25) is 0 Å². The first kappa shape index (κ1) is 11.1. The van der Waals surface area contributed by atoms with E-state index in [1.807, 2.05) is 13.0 Å². The number of nitrogen functional groups attached to an aromatic ring is 1. The van der Waals surface area contributed by atoms with Crippen molar-refractivity contribution >= 4 is 23.4 Å². The number of anilines is 1. The molecule has 2 heteroatoms. The molecule has 0 atom stereocenters. The molecule has 0 aliphatic carbocycles. The van der Waals surface area contributed by atoms with Crippen molar-refractivity contribution in [3.63, 3.8) is 0 Å². The largest absolute Gasteiger partial charge is 0.398 e. The molecule has 0 spiro atoms. The molecule has 0 saturated heterocycles. The van der Waals surface area contributed by atoms with E-state index in [-0.39, 0.29) is 0 Å². The molecule has 2 N–H and O–H groups in total. The van der Waals surface area contributed by atoms with Crippen LogP contribution in [0.4, 0.5) is 5.69 Å². The molecule has 0 saturated carbocycles. The van der Waals surface area contributed by atoms with E-state index < -0.39 is 0 Å². The Labute approximate surface area is 90.6 Å². The molecule has 0 fully saturated rings. The topological polar surface area (TPSA) is 26.0 Å². The Hall–Kier alpha value is -0.950. The minimum absolute atomic E-state index is 0.654. The smallest absolute Gasteiger partial charge is 0.0417 e. The molecule has 1 rings (SSSR count). The molecular formula is C12H16ClN. The molecule has 0 radical (unpaired) electrons. The Bertz CT molecular complexity index is 342. The van der Waals surface area contributed by atoms with Crippen LogP contribution in [0.3, 0.4) is 0 Å². The molecule has 0 aliphatic rings. The van der Waals surface area contributed by atoms with Gasteiger partial charge in [0.15, 0.2) is 0 Å². The third kappa shape index (κ3) is 2.78. The van der Waals surface area contributed by atoms with Gasteiger partial charge >= 0.3 is 0 Å². The summed E-state index contributed by atoms with van der Waals surface area (Å²) in [4.78, 5) is 0. The molecule has 0 amide bonds. The summed E-state index contributed by atoms with van der Waals surface area (Å²) < 4.78 is 0. The summed E-state index contributed by atoms with van der Waals surface area (Å²) in [5.74, 6) is 0.654. The molecule has 14 heavy (non-hydrogen) atoms. The van der Waals surface area contributed by atoms with Gasteiger partial charge < -0.3 is 5.73 Å². The van der Waals surface area contributed by atoms with Gasteiger partial charge in [0, 0.05) is 11.6 Å². The second kappa shape index (κ2) is 5.06. The Kier molecular flexibility index (Phi) is 4.02. The van der Waals surface area contributed by atoms with E-state index in [0.29, 0.717) is 5.88 Å². The lowest BCUT2D eigenvalue weighted by Crippen LogP contribution is -1.94. The highest BCUT2D eigenvalue weighted by atomic mass is 35.5. The SMILES string of the molecule is Cc1cc(C)c(N)c(C=CCCCl)c1. The van der Waals surface area contributed by atoms with E-state index in [2.05, 4.69) is 25.1 Å². The van der Waals surface area contributed by atoms with Crippen molar-refractivity contribution in [2.75, 3.05) is 11.6 Å². The normalized spacial score (nSPS) is 11.1. The highest BCUT2D eigenvalue weighted by molar-refractivity contribution is 6.17. The van der Waals surface area contributed by atoms with Crippen LogP contribution in [-0.2, 0) is 0 Å². The summed E-state index contributed by atoms with van der Waals surface area (Å²) in [5.41, 5.74) is 10.3. The quantitative estimate of drug-likeness (QED) is 0.598. The third-order valence-electron chi connectivity index (χ3n) is 2.14. The highest BCUT2D eigenvalue weighted by Gasteiger charge is 1.99. The highest BCUT2D eigenvalue weighted by Crippen LogP contribution is 2.20. The van der Waals surface area contributed by atoms with Gasteiger partial charge in [0.1, 0.15) is 0 Å². The number of rotatable bonds is 3. The van der Waals surface area contributed by atoms with Gasteiger partial charge in [0.2, 0.25) is 0 Å². The zero-order valence-corrected chi connectivity index (χ0v) is 9.43. The summed E-state index contributed by atoms with van der Waals surface area (Å²) >= 11 is 5.59. The van der Waals surface area contributed by atoms with Gasteiger partial charge in [-0.15, -0.1) is 11.6 Å². The number of halogens is 1.